The van der Waals surface area contributed by atoms with Gasteiger partial charge in [-0.1, -0.05) is 55.5 Å². The average Bonchev–Trinajstić information content (AvgIpc) is 3.00. The summed E-state index contributed by atoms with van der Waals surface area (Å²) in [5.41, 5.74) is -3.82. The van der Waals surface area contributed by atoms with Gasteiger partial charge in [0.1, 0.15) is 18.8 Å². The summed E-state index contributed by atoms with van der Waals surface area (Å²) in [6.45, 7) is 0.481. The Morgan fingerprint density at radius 3 is 1.26 bits per heavy atom. The fourth-order valence-corrected chi connectivity index (χ4v) is 4.96. The van der Waals surface area contributed by atoms with Crippen LogP contribution in [0.2, 0.25) is 0 Å². The smallest absolute Gasteiger partial charge is 0.338 e. The number of halogens is 3. The summed E-state index contributed by atoms with van der Waals surface area (Å²) in [6, 6.07) is 16.0. The number of aliphatic hydroxyl groups is 2. The van der Waals surface area contributed by atoms with E-state index in [1.807, 2.05) is 0 Å². The quantitative estimate of drug-likeness (QED) is 0.153. The van der Waals surface area contributed by atoms with Gasteiger partial charge >= 0.3 is 5.97 Å². The van der Waals surface area contributed by atoms with Gasteiger partial charge in [0, 0.05) is 27.8 Å². The van der Waals surface area contributed by atoms with Crippen molar-refractivity contribution in [2.75, 3.05) is 6.61 Å². The number of aliphatic hydroxyl groups excluding tert-OH is 2. The molecule has 0 aliphatic rings. The van der Waals surface area contributed by atoms with Crippen molar-refractivity contribution in [2.45, 2.75) is 25.6 Å². The Morgan fingerprint density at radius 2 is 0.929 bits per heavy atom. The first kappa shape index (κ1) is 32.8. The van der Waals surface area contributed by atoms with Gasteiger partial charge < -0.3 is 14.9 Å². The minimum absolute atomic E-state index is 0.191. The largest absolute Gasteiger partial charge is 0.461 e. The van der Waals surface area contributed by atoms with Crippen molar-refractivity contribution in [1.82, 2.24) is 0 Å². The topological polar surface area (TPSA) is 152 Å². The third kappa shape index (κ3) is 6.67. The highest BCUT2D eigenvalue weighted by Gasteiger charge is 2.51. The van der Waals surface area contributed by atoms with Crippen molar-refractivity contribution in [1.29, 1.82) is 0 Å². The average molecular weight is 634 g/mol. The van der Waals surface area contributed by atoms with E-state index in [9.17, 15) is 39.0 Å². The summed E-state index contributed by atoms with van der Waals surface area (Å²) in [4.78, 5) is 76.1. The zero-order valence-corrected chi connectivity index (χ0v) is 24.2. The van der Waals surface area contributed by atoms with E-state index in [1.54, 1.807) is 0 Å². The van der Waals surface area contributed by atoms with Gasteiger partial charge in [0.2, 0.25) is 0 Å². The Morgan fingerprint density at radius 1 is 0.619 bits per heavy atom. The van der Waals surface area contributed by atoms with Crippen molar-refractivity contribution in [3.63, 3.8) is 0 Å². The number of Topliss-reactive ketones (excluding diaryl/α,β-unsaturated/α-hetero) is 2. The lowest BCUT2D eigenvalue weighted by atomic mass is 9.70. The number of rotatable bonds is 13. The van der Waals surface area contributed by atoms with Gasteiger partial charge in [-0.25, -0.2) is 4.79 Å². The van der Waals surface area contributed by atoms with E-state index < -0.39 is 57.5 Å². The molecule has 0 spiro atoms. The van der Waals surface area contributed by atoms with Crippen molar-refractivity contribution >= 4 is 68.1 Å². The van der Waals surface area contributed by atoms with Crippen molar-refractivity contribution in [3.05, 3.63) is 106 Å². The van der Waals surface area contributed by atoms with E-state index in [-0.39, 0.29) is 39.8 Å². The summed E-state index contributed by atoms with van der Waals surface area (Å²) < 4.78 is 5.38. The van der Waals surface area contributed by atoms with Gasteiger partial charge in [-0.3, -0.25) is 24.0 Å². The summed E-state index contributed by atoms with van der Waals surface area (Å²) in [6.07, 6.45) is -4.85. The number of hydrogen-bond acceptors (Lipinski definition) is 9. The molecular weight excluding hydrogens is 611 g/mol. The van der Waals surface area contributed by atoms with Crippen LogP contribution in [0.4, 0.5) is 0 Å². The SMILES string of the molecule is CCC(COC(=O)c1ccccc1C(=O)Cl)(C(O)C(=O)c1ccccc1C(=O)Cl)C(O)C(=O)c1ccccc1C(=O)Cl. The first-order valence-corrected chi connectivity index (χ1v) is 13.5. The van der Waals surface area contributed by atoms with Gasteiger partial charge in [-0.05, 0) is 65.5 Å². The van der Waals surface area contributed by atoms with Crippen molar-refractivity contribution in [2.24, 2.45) is 5.41 Å². The molecule has 218 valence electrons. The lowest BCUT2D eigenvalue weighted by Crippen LogP contribution is -2.55. The molecule has 0 heterocycles. The molecule has 0 saturated heterocycles. The first-order chi connectivity index (χ1) is 19.9. The number of carbonyl (C=O) groups is 6. The Kier molecular flexibility index (Phi) is 10.9. The van der Waals surface area contributed by atoms with Crippen LogP contribution in [0.25, 0.3) is 0 Å². The molecule has 9 nitrogen and oxygen atoms in total. The zero-order valence-electron chi connectivity index (χ0n) is 21.9. The van der Waals surface area contributed by atoms with E-state index >= 15 is 0 Å². The second kappa shape index (κ2) is 14.0. The number of benzene rings is 3. The van der Waals surface area contributed by atoms with Crippen LogP contribution in [0.15, 0.2) is 72.8 Å². The number of hydrogen-bond donors (Lipinski definition) is 2. The molecule has 0 bridgehead atoms. The number of ether oxygens (including phenoxy) is 1. The maximum Gasteiger partial charge on any atom is 0.338 e. The molecular formula is C30H23Cl3O9. The summed E-state index contributed by atoms with van der Waals surface area (Å²) in [7, 11) is 0. The molecule has 3 aromatic carbocycles. The molecule has 2 unspecified atom stereocenters. The summed E-state index contributed by atoms with van der Waals surface area (Å²) in [5, 5.41) is 20.0. The van der Waals surface area contributed by atoms with E-state index in [4.69, 9.17) is 39.5 Å². The highest BCUT2D eigenvalue weighted by molar-refractivity contribution is 6.69. The molecule has 0 radical (unpaired) electrons. The van der Waals surface area contributed by atoms with Gasteiger partial charge in [-0.2, -0.15) is 0 Å². The lowest BCUT2D eigenvalue weighted by molar-refractivity contribution is -0.0782. The molecule has 3 rings (SSSR count). The molecule has 0 fully saturated rings. The van der Waals surface area contributed by atoms with E-state index in [0.29, 0.717) is 0 Å². The van der Waals surface area contributed by atoms with Gasteiger partial charge in [0.15, 0.2) is 11.6 Å². The summed E-state index contributed by atoms with van der Waals surface area (Å²) >= 11 is 16.8. The Labute approximate surface area is 255 Å². The third-order valence-electron chi connectivity index (χ3n) is 6.88. The van der Waals surface area contributed by atoms with Crippen LogP contribution in [0, 0.1) is 5.41 Å². The minimum atomic E-state index is -2.25. The van der Waals surface area contributed by atoms with Crippen molar-refractivity contribution < 1.29 is 43.7 Å². The second-order valence-electron chi connectivity index (χ2n) is 9.15. The third-order valence-corrected chi connectivity index (χ3v) is 7.49. The van der Waals surface area contributed by atoms with Crippen LogP contribution < -0.4 is 0 Å². The Bertz CT molecular complexity index is 1490. The van der Waals surface area contributed by atoms with Crippen LogP contribution in [0.3, 0.4) is 0 Å². The minimum Gasteiger partial charge on any atom is -0.461 e. The maximum atomic E-state index is 13.6. The monoisotopic (exact) mass is 632 g/mol. The molecule has 2 atom stereocenters. The van der Waals surface area contributed by atoms with E-state index in [0.717, 1.165) is 0 Å². The fraction of sp³-hybridized carbons (Fsp3) is 0.200. The molecule has 42 heavy (non-hydrogen) atoms. The van der Waals surface area contributed by atoms with Gasteiger partial charge in [0.25, 0.3) is 15.7 Å². The van der Waals surface area contributed by atoms with Gasteiger partial charge in [-0.15, -0.1) is 0 Å². The standard InChI is InChI=1S/C30H23Cl3O9/c1-2-30(15-42-29(41)21-14-8-7-13-20(21)28(33)40,24(36)22(34)16-9-3-5-11-18(16)26(31)38)25(37)23(35)17-10-4-6-12-19(17)27(32)39/h3-14,24-25,36-37H,2,15H2,1H3. The highest BCUT2D eigenvalue weighted by atomic mass is 35.5. The summed E-state index contributed by atoms with van der Waals surface area (Å²) in [5.74, 6) is -3.32. The van der Waals surface area contributed by atoms with Crippen LogP contribution in [-0.4, -0.2) is 62.3 Å². The molecule has 0 aliphatic carbocycles. The highest BCUT2D eigenvalue weighted by Crippen LogP contribution is 2.37. The zero-order chi connectivity index (χ0) is 31.2. The molecule has 0 aromatic heterocycles. The van der Waals surface area contributed by atoms with Crippen LogP contribution >= 0.6 is 34.8 Å². The van der Waals surface area contributed by atoms with Crippen molar-refractivity contribution in [3.8, 4) is 0 Å². The Balaban J connectivity index is 2.13. The number of esters is 1. The molecule has 0 aliphatic heterocycles. The lowest BCUT2D eigenvalue weighted by Gasteiger charge is -2.39. The Hall–Kier alpha value is -3.73. The molecule has 0 saturated carbocycles. The number of carbonyl (C=O) groups excluding carboxylic acids is 6. The molecule has 2 N–H and O–H groups in total. The van der Waals surface area contributed by atoms with Crippen LogP contribution in [-0.2, 0) is 4.74 Å². The van der Waals surface area contributed by atoms with Crippen LogP contribution in [0.1, 0.15) is 75.5 Å². The maximum absolute atomic E-state index is 13.6. The normalized spacial score (nSPS) is 13.8. The predicted octanol–water partition coefficient (Wildman–Crippen LogP) is 4.86. The van der Waals surface area contributed by atoms with Gasteiger partial charge in [0.05, 0.1) is 11.0 Å². The van der Waals surface area contributed by atoms with Crippen LogP contribution in [0.5, 0.6) is 0 Å². The first-order valence-electron chi connectivity index (χ1n) is 12.4. The molecule has 12 heteroatoms. The number of ketones is 2. The molecule has 3 aromatic rings. The van der Waals surface area contributed by atoms with E-state index in [1.165, 1.54) is 79.7 Å². The predicted molar refractivity (Wildman–Crippen MR) is 154 cm³/mol. The van der Waals surface area contributed by atoms with E-state index in [2.05, 4.69) is 0 Å². The molecule has 0 amide bonds. The second-order valence-corrected chi connectivity index (χ2v) is 10.2. The fourth-order valence-electron chi connectivity index (χ4n) is 4.46.